The van der Waals surface area contributed by atoms with Crippen LogP contribution in [0.5, 0.6) is 0 Å². The van der Waals surface area contributed by atoms with Crippen molar-refractivity contribution >= 4 is 34.2 Å². The topological polar surface area (TPSA) is 121 Å². The molecular weight excluding hydrogens is 626 g/mol. The molecule has 0 aliphatic heterocycles. The lowest BCUT2D eigenvalue weighted by Crippen LogP contribution is -2.41. The molecule has 0 unspecified atom stereocenters. The second-order valence-electron chi connectivity index (χ2n) is 11.7. The summed E-state index contributed by atoms with van der Waals surface area (Å²) in [5.41, 5.74) is -3.26. The van der Waals surface area contributed by atoms with Gasteiger partial charge in [0.1, 0.15) is 17.2 Å². The van der Waals surface area contributed by atoms with Gasteiger partial charge in [-0.25, -0.2) is 36.0 Å². The number of aryl methyl sites for hydroxylation is 1. The maximum Gasteiger partial charge on any atom is 0.279 e. The third-order valence-electron chi connectivity index (χ3n) is 7.83. The summed E-state index contributed by atoms with van der Waals surface area (Å²) < 4.78 is 87.2. The van der Waals surface area contributed by atoms with Crippen molar-refractivity contribution in [1.82, 2.24) is 19.8 Å². The van der Waals surface area contributed by atoms with E-state index in [0.717, 1.165) is 37.8 Å². The average molecular weight is 664 g/mol. The zero-order valence-corrected chi connectivity index (χ0v) is 27.1. The number of anilines is 1. The van der Waals surface area contributed by atoms with Crippen molar-refractivity contribution in [3.05, 3.63) is 75.2 Å². The van der Waals surface area contributed by atoms with Crippen molar-refractivity contribution in [2.24, 2.45) is 9.98 Å². The van der Waals surface area contributed by atoms with Crippen LogP contribution in [0.3, 0.4) is 0 Å². The Morgan fingerprint density at radius 2 is 1.72 bits per heavy atom. The Hall–Kier alpha value is -4.11. The molecule has 1 aliphatic carbocycles. The van der Waals surface area contributed by atoms with Gasteiger partial charge in [0.25, 0.3) is 5.56 Å². The van der Waals surface area contributed by atoms with Crippen LogP contribution < -0.4 is 15.6 Å². The van der Waals surface area contributed by atoms with Gasteiger partial charge < -0.3 is 10.2 Å². The average Bonchev–Trinajstić information content (AvgIpc) is 2.99. The molecule has 0 spiro atoms. The first-order valence-electron chi connectivity index (χ1n) is 14.7. The molecule has 1 saturated carbocycles. The van der Waals surface area contributed by atoms with Crippen molar-refractivity contribution < 1.29 is 26.0 Å². The SMILES string of the molecule is C=N/C(=N\c1c(C)nc(-c2cc(F)c(NS(=O)(=O)Cc3ccc(F)cc3)c(F)c2F)c(=O)n1C(C)C)N[C@H]1CC[C@H](N(C)C)CC1. The molecule has 1 heterocycles. The van der Waals surface area contributed by atoms with Crippen LogP contribution >= 0.6 is 0 Å². The minimum absolute atomic E-state index is 0.0823. The Labute approximate surface area is 265 Å². The van der Waals surface area contributed by atoms with Gasteiger partial charge in [0.15, 0.2) is 23.3 Å². The maximum atomic E-state index is 15.5. The molecule has 0 atom stereocenters. The minimum Gasteiger partial charge on any atom is -0.351 e. The van der Waals surface area contributed by atoms with Crippen molar-refractivity contribution in [2.75, 3.05) is 18.8 Å². The molecule has 2 aromatic carbocycles. The van der Waals surface area contributed by atoms with Gasteiger partial charge in [-0.05, 0) is 91.0 Å². The lowest BCUT2D eigenvalue weighted by Gasteiger charge is -2.33. The van der Waals surface area contributed by atoms with Gasteiger partial charge in [-0.1, -0.05) is 12.1 Å². The van der Waals surface area contributed by atoms with E-state index in [1.54, 1.807) is 18.6 Å². The number of hydrogen-bond donors (Lipinski definition) is 2. The zero-order chi connectivity index (χ0) is 33.9. The fourth-order valence-electron chi connectivity index (χ4n) is 5.42. The summed E-state index contributed by atoms with van der Waals surface area (Å²) in [6.45, 7) is 8.45. The number of nitrogens with one attached hydrogen (secondary N) is 2. The van der Waals surface area contributed by atoms with E-state index in [1.165, 1.54) is 23.6 Å². The Morgan fingerprint density at radius 3 is 2.28 bits per heavy atom. The van der Waals surface area contributed by atoms with E-state index in [2.05, 4.69) is 31.9 Å². The molecular formula is C31H37F4N7O3S. The number of rotatable bonds is 9. The predicted molar refractivity (Wildman–Crippen MR) is 171 cm³/mol. The van der Waals surface area contributed by atoms with Gasteiger partial charge in [0, 0.05) is 23.7 Å². The van der Waals surface area contributed by atoms with E-state index in [1.807, 2.05) is 14.1 Å². The standard InChI is InChI=1S/C31H37F4N7O3S/c1-17(2)42-29(39-31(36-4)38-21-11-13-22(14-12-21)41(5)6)18(3)37-27(30(42)43)23-15-24(33)28(26(35)25(23)34)40-46(44,45)16-19-7-9-20(32)10-8-19/h7-10,15,17,21-22,40H,4,11-14,16H2,1-3,5-6H3,(H,38,39)/t21-,22-. The summed E-state index contributed by atoms with van der Waals surface area (Å²) in [6, 6.07) is 4.96. The van der Waals surface area contributed by atoms with Crippen LogP contribution in [-0.4, -0.2) is 61.7 Å². The third kappa shape index (κ3) is 7.81. The number of hydrogen-bond acceptors (Lipinski definition) is 6. The second kappa shape index (κ2) is 14.1. The molecule has 3 aromatic rings. The Kier molecular flexibility index (Phi) is 10.7. The zero-order valence-electron chi connectivity index (χ0n) is 26.2. The lowest BCUT2D eigenvalue weighted by atomic mass is 9.90. The van der Waals surface area contributed by atoms with E-state index in [9.17, 15) is 17.6 Å². The van der Waals surface area contributed by atoms with Crippen molar-refractivity contribution in [1.29, 1.82) is 0 Å². The highest BCUT2D eigenvalue weighted by molar-refractivity contribution is 7.91. The van der Waals surface area contributed by atoms with Crippen LogP contribution in [0, 0.1) is 30.2 Å². The number of benzene rings is 2. The van der Waals surface area contributed by atoms with Crippen LogP contribution in [0.4, 0.5) is 29.1 Å². The Bertz CT molecular complexity index is 1800. The van der Waals surface area contributed by atoms with Crippen LogP contribution in [0.25, 0.3) is 11.3 Å². The van der Waals surface area contributed by atoms with Crippen LogP contribution in [-0.2, 0) is 15.8 Å². The summed E-state index contributed by atoms with van der Waals surface area (Å²) in [5, 5.41) is 3.27. The van der Waals surface area contributed by atoms with Crippen molar-refractivity contribution in [2.45, 2.75) is 70.3 Å². The number of halogens is 4. The normalized spacial score (nSPS) is 17.4. The molecule has 4 rings (SSSR count). The highest BCUT2D eigenvalue weighted by atomic mass is 32.2. The molecule has 0 amide bonds. The predicted octanol–water partition coefficient (Wildman–Crippen LogP) is 5.45. The van der Waals surface area contributed by atoms with Gasteiger partial charge in [0.2, 0.25) is 16.0 Å². The molecule has 248 valence electrons. The summed E-state index contributed by atoms with van der Waals surface area (Å²) >= 11 is 0. The quantitative estimate of drug-likeness (QED) is 0.136. The number of guanidine groups is 1. The van der Waals surface area contributed by atoms with Gasteiger partial charge in [-0.15, -0.1) is 0 Å². The fraction of sp³-hybridized carbons (Fsp3) is 0.419. The molecule has 1 aromatic heterocycles. The molecule has 0 radical (unpaired) electrons. The van der Waals surface area contributed by atoms with Crippen molar-refractivity contribution in [3.63, 3.8) is 0 Å². The smallest absolute Gasteiger partial charge is 0.279 e. The largest absolute Gasteiger partial charge is 0.351 e. The van der Waals surface area contributed by atoms with Crippen LogP contribution in [0.1, 0.15) is 56.8 Å². The number of aromatic nitrogens is 2. The van der Waals surface area contributed by atoms with Gasteiger partial charge in [-0.3, -0.25) is 14.1 Å². The number of aliphatic imine (C=N–C) groups is 2. The van der Waals surface area contributed by atoms with E-state index in [-0.39, 0.29) is 29.1 Å². The van der Waals surface area contributed by atoms with E-state index >= 15 is 13.2 Å². The summed E-state index contributed by atoms with van der Waals surface area (Å²) in [4.78, 5) is 28.6. The monoisotopic (exact) mass is 663 g/mol. The summed E-state index contributed by atoms with van der Waals surface area (Å²) in [6.07, 6.45) is 3.71. The first-order chi connectivity index (χ1) is 21.6. The number of nitrogens with zero attached hydrogens (tertiary/aromatic N) is 5. The van der Waals surface area contributed by atoms with Gasteiger partial charge in [-0.2, -0.15) is 4.99 Å². The summed E-state index contributed by atoms with van der Waals surface area (Å²) in [5.74, 6) is -6.10. The van der Waals surface area contributed by atoms with Crippen LogP contribution in [0.2, 0.25) is 0 Å². The maximum absolute atomic E-state index is 15.5. The third-order valence-corrected chi connectivity index (χ3v) is 9.06. The Morgan fingerprint density at radius 1 is 1.09 bits per heavy atom. The molecule has 0 bridgehead atoms. The molecule has 15 heteroatoms. The highest BCUT2D eigenvalue weighted by Crippen LogP contribution is 2.32. The lowest BCUT2D eigenvalue weighted by molar-refractivity contribution is 0.211. The van der Waals surface area contributed by atoms with E-state index in [4.69, 9.17) is 0 Å². The second-order valence-corrected chi connectivity index (χ2v) is 13.5. The Balaban J connectivity index is 1.68. The highest BCUT2D eigenvalue weighted by Gasteiger charge is 2.28. The molecule has 2 N–H and O–H groups in total. The van der Waals surface area contributed by atoms with Gasteiger partial charge in [0.05, 0.1) is 11.4 Å². The minimum atomic E-state index is -4.45. The van der Waals surface area contributed by atoms with E-state index < -0.39 is 67.6 Å². The number of sulfonamides is 1. The van der Waals surface area contributed by atoms with Crippen LogP contribution in [0.15, 0.2) is 45.1 Å². The molecule has 46 heavy (non-hydrogen) atoms. The van der Waals surface area contributed by atoms with Gasteiger partial charge >= 0.3 is 0 Å². The first-order valence-corrected chi connectivity index (χ1v) is 16.3. The summed E-state index contributed by atoms with van der Waals surface area (Å²) in [7, 11) is -0.357. The molecule has 1 fully saturated rings. The molecule has 10 nitrogen and oxygen atoms in total. The first kappa shape index (κ1) is 34.8. The fourth-order valence-corrected chi connectivity index (χ4v) is 6.63. The molecule has 1 aliphatic rings. The van der Waals surface area contributed by atoms with E-state index in [0.29, 0.717) is 12.1 Å². The molecule has 0 saturated heterocycles. The van der Waals surface area contributed by atoms with Crippen molar-refractivity contribution in [3.8, 4) is 11.3 Å².